The highest BCUT2D eigenvalue weighted by molar-refractivity contribution is 9.11. The van der Waals surface area contributed by atoms with Crippen molar-refractivity contribution in [3.8, 4) is 11.5 Å². The van der Waals surface area contributed by atoms with Crippen LogP contribution in [0.2, 0.25) is 0 Å². The maximum Gasteiger partial charge on any atom is 0.275 e. The second-order valence-corrected chi connectivity index (χ2v) is 7.92. The van der Waals surface area contributed by atoms with Gasteiger partial charge in [-0.3, -0.25) is 4.79 Å². The summed E-state index contributed by atoms with van der Waals surface area (Å²) in [5.41, 5.74) is 4.79. The molecule has 7 heteroatoms. The molecule has 0 atom stereocenters. The fraction of sp³-hybridized carbons (Fsp3) is 0.130. The molecule has 0 aliphatic carbocycles. The van der Waals surface area contributed by atoms with E-state index in [1.165, 1.54) is 0 Å². The highest BCUT2D eigenvalue weighted by Gasteiger charge is 2.12. The van der Waals surface area contributed by atoms with Crippen molar-refractivity contribution >= 4 is 44.0 Å². The summed E-state index contributed by atoms with van der Waals surface area (Å²) in [7, 11) is 0. The molecule has 30 heavy (non-hydrogen) atoms. The summed E-state index contributed by atoms with van der Waals surface area (Å²) in [4.78, 5) is 12.6. The van der Waals surface area contributed by atoms with Gasteiger partial charge in [-0.25, -0.2) is 5.43 Å². The van der Waals surface area contributed by atoms with E-state index in [2.05, 4.69) is 42.4 Å². The Morgan fingerprint density at radius 2 is 1.67 bits per heavy atom. The summed E-state index contributed by atoms with van der Waals surface area (Å²) in [6.07, 6.45) is 1.57. The lowest BCUT2D eigenvalue weighted by molar-refractivity contribution is 0.0950. The maximum atomic E-state index is 12.6. The highest BCUT2D eigenvalue weighted by Crippen LogP contribution is 2.34. The smallest absolute Gasteiger partial charge is 0.275 e. The zero-order chi connectivity index (χ0) is 21.3. The van der Waals surface area contributed by atoms with Crippen molar-refractivity contribution in [1.29, 1.82) is 0 Å². The minimum absolute atomic E-state index is 0.348. The molecule has 0 saturated carbocycles. The average molecular weight is 532 g/mol. The van der Waals surface area contributed by atoms with Gasteiger partial charge >= 0.3 is 0 Å². The summed E-state index contributed by atoms with van der Waals surface area (Å²) in [5, 5.41) is 4.07. The van der Waals surface area contributed by atoms with Crippen LogP contribution >= 0.6 is 31.9 Å². The quantitative estimate of drug-likeness (QED) is 0.288. The number of hydrazone groups is 1. The SMILES string of the molecule is CCOc1c(Br)cc(/C=N/NC(=O)c2ccccc2OCc2ccccc2)cc1Br. The number of nitrogens with zero attached hydrogens (tertiary/aromatic N) is 1. The van der Waals surface area contributed by atoms with Gasteiger partial charge < -0.3 is 9.47 Å². The van der Waals surface area contributed by atoms with Crippen LogP contribution in [0.3, 0.4) is 0 Å². The van der Waals surface area contributed by atoms with E-state index in [4.69, 9.17) is 9.47 Å². The second-order valence-electron chi connectivity index (χ2n) is 6.22. The molecule has 0 bridgehead atoms. The summed E-state index contributed by atoms with van der Waals surface area (Å²) in [6, 6.07) is 20.6. The zero-order valence-electron chi connectivity index (χ0n) is 16.3. The van der Waals surface area contributed by atoms with Crippen molar-refractivity contribution in [3.05, 3.63) is 92.4 Å². The fourth-order valence-electron chi connectivity index (χ4n) is 2.68. The number of halogens is 2. The third-order valence-corrected chi connectivity index (χ3v) is 5.24. The van der Waals surface area contributed by atoms with Gasteiger partial charge in [0.2, 0.25) is 0 Å². The van der Waals surface area contributed by atoms with E-state index >= 15 is 0 Å². The molecule has 3 rings (SSSR count). The van der Waals surface area contributed by atoms with Gasteiger partial charge in [0.25, 0.3) is 5.91 Å². The van der Waals surface area contributed by atoms with Crippen LogP contribution < -0.4 is 14.9 Å². The molecule has 0 spiro atoms. The first kappa shape index (κ1) is 22.1. The van der Waals surface area contributed by atoms with Crippen LogP contribution in [-0.2, 0) is 6.61 Å². The average Bonchev–Trinajstić information content (AvgIpc) is 2.76. The van der Waals surface area contributed by atoms with Crippen LogP contribution in [0.25, 0.3) is 0 Å². The van der Waals surface area contributed by atoms with Crippen molar-refractivity contribution < 1.29 is 14.3 Å². The van der Waals surface area contributed by atoms with Gasteiger partial charge in [0.1, 0.15) is 18.1 Å². The van der Waals surface area contributed by atoms with Gasteiger partial charge in [-0.05, 0) is 74.2 Å². The van der Waals surface area contributed by atoms with Gasteiger partial charge in [-0.1, -0.05) is 42.5 Å². The molecule has 5 nitrogen and oxygen atoms in total. The standard InChI is InChI=1S/C23H20Br2N2O3/c1-2-29-22-19(24)12-17(13-20(22)25)14-26-27-23(28)18-10-6-7-11-21(18)30-15-16-8-4-3-5-9-16/h3-14H,2,15H2,1H3,(H,27,28)/b26-14+. The molecule has 0 fully saturated rings. The number of amides is 1. The number of carbonyl (C=O) groups excluding carboxylic acids is 1. The number of para-hydroxylation sites is 1. The molecule has 0 aliphatic heterocycles. The van der Waals surface area contributed by atoms with E-state index in [0.29, 0.717) is 24.5 Å². The van der Waals surface area contributed by atoms with Crippen LogP contribution in [0.5, 0.6) is 11.5 Å². The van der Waals surface area contributed by atoms with E-state index in [1.807, 2.05) is 55.5 Å². The highest BCUT2D eigenvalue weighted by atomic mass is 79.9. The van der Waals surface area contributed by atoms with Crippen LogP contribution in [0.1, 0.15) is 28.4 Å². The van der Waals surface area contributed by atoms with Crippen molar-refractivity contribution in [2.75, 3.05) is 6.61 Å². The Bertz CT molecular complexity index is 1020. The molecule has 0 aromatic heterocycles. The van der Waals surface area contributed by atoms with E-state index in [9.17, 15) is 4.79 Å². The monoisotopic (exact) mass is 530 g/mol. The molecule has 0 saturated heterocycles. The normalized spacial score (nSPS) is 10.8. The van der Waals surface area contributed by atoms with Crippen LogP contribution in [0.4, 0.5) is 0 Å². The molecule has 0 aliphatic rings. The van der Waals surface area contributed by atoms with Crippen LogP contribution in [0.15, 0.2) is 80.8 Å². The molecule has 3 aromatic carbocycles. The maximum absolute atomic E-state index is 12.6. The number of ether oxygens (including phenoxy) is 2. The predicted octanol–water partition coefficient (Wildman–Crippen LogP) is 5.95. The first-order valence-corrected chi connectivity index (χ1v) is 10.9. The summed E-state index contributed by atoms with van der Waals surface area (Å²) in [6.45, 7) is 2.86. The lowest BCUT2D eigenvalue weighted by Crippen LogP contribution is -2.18. The molecule has 1 N–H and O–H groups in total. The first-order valence-electron chi connectivity index (χ1n) is 9.29. The first-order chi connectivity index (χ1) is 14.6. The number of hydrogen-bond acceptors (Lipinski definition) is 4. The number of rotatable bonds is 8. The van der Waals surface area contributed by atoms with E-state index in [-0.39, 0.29) is 5.91 Å². The Kier molecular flexibility index (Phi) is 8.04. The Hall–Kier alpha value is -2.64. The summed E-state index contributed by atoms with van der Waals surface area (Å²) < 4.78 is 13.0. The van der Waals surface area contributed by atoms with Crippen molar-refractivity contribution in [2.24, 2.45) is 5.10 Å². The molecule has 0 unspecified atom stereocenters. The summed E-state index contributed by atoms with van der Waals surface area (Å²) in [5.74, 6) is 0.878. The summed E-state index contributed by atoms with van der Waals surface area (Å²) >= 11 is 6.96. The molecular formula is C23H20Br2N2O3. The minimum Gasteiger partial charge on any atom is -0.492 e. The fourth-order valence-corrected chi connectivity index (χ4v) is 4.13. The molecule has 0 radical (unpaired) electrons. The van der Waals surface area contributed by atoms with Gasteiger partial charge in [0.05, 0.1) is 27.3 Å². The van der Waals surface area contributed by atoms with E-state index in [0.717, 1.165) is 25.8 Å². The number of carbonyl (C=O) groups is 1. The lowest BCUT2D eigenvalue weighted by atomic mass is 10.2. The van der Waals surface area contributed by atoms with Crippen molar-refractivity contribution in [1.82, 2.24) is 5.43 Å². The third-order valence-electron chi connectivity index (χ3n) is 4.06. The Balaban J connectivity index is 1.66. The molecular weight excluding hydrogens is 512 g/mol. The van der Waals surface area contributed by atoms with Gasteiger partial charge in [0, 0.05) is 0 Å². The zero-order valence-corrected chi connectivity index (χ0v) is 19.4. The molecule has 0 heterocycles. The molecule has 154 valence electrons. The molecule has 3 aromatic rings. The van der Waals surface area contributed by atoms with E-state index in [1.54, 1.807) is 24.4 Å². The lowest BCUT2D eigenvalue weighted by Gasteiger charge is -2.10. The number of hydrogen-bond donors (Lipinski definition) is 1. The van der Waals surface area contributed by atoms with Crippen LogP contribution in [0, 0.1) is 0 Å². The van der Waals surface area contributed by atoms with Crippen molar-refractivity contribution in [3.63, 3.8) is 0 Å². The minimum atomic E-state index is -0.348. The van der Waals surface area contributed by atoms with Gasteiger partial charge in [0.15, 0.2) is 0 Å². The Morgan fingerprint density at radius 3 is 2.37 bits per heavy atom. The van der Waals surface area contributed by atoms with Crippen molar-refractivity contribution in [2.45, 2.75) is 13.5 Å². The van der Waals surface area contributed by atoms with Crippen LogP contribution in [-0.4, -0.2) is 18.7 Å². The Labute approximate surface area is 192 Å². The van der Waals surface area contributed by atoms with E-state index < -0.39 is 0 Å². The Morgan fingerprint density at radius 1 is 1.00 bits per heavy atom. The number of nitrogens with one attached hydrogen (secondary N) is 1. The van der Waals surface area contributed by atoms with Gasteiger partial charge in [-0.15, -0.1) is 0 Å². The predicted molar refractivity (Wildman–Crippen MR) is 125 cm³/mol. The topological polar surface area (TPSA) is 59.9 Å². The number of benzene rings is 3. The third kappa shape index (κ3) is 5.93. The largest absolute Gasteiger partial charge is 0.492 e. The van der Waals surface area contributed by atoms with Gasteiger partial charge in [-0.2, -0.15) is 5.10 Å². The molecule has 1 amide bonds. The second kappa shape index (κ2) is 10.9.